The molecule has 0 saturated heterocycles. The van der Waals surface area contributed by atoms with Crippen LogP contribution >= 0.6 is 15.9 Å². The Kier molecular flexibility index (Phi) is 4.41. The number of aromatic nitrogens is 4. The first-order chi connectivity index (χ1) is 13.3. The van der Waals surface area contributed by atoms with Crippen molar-refractivity contribution in [3.05, 3.63) is 51.9 Å². The second kappa shape index (κ2) is 6.66. The first-order valence-corrected chi connectivity index (χ1v) is 9.35. The molecule has 144 valence electrons. The lowest BCUT2D eigenvalue weighted by Gasteiger charge is -2.13. The number of halogens is 2. The van der Waals surface area contributed by atoms with E-state index >= 15 is 0 Å². The molecule has 1 amide bonds. The molecule has 1 aromatic carbocycles. The van der Waals surface area contributed by atoms with Gasteiger partial charge in [-0.15, -0.1) is 0 Å². The molecule has 4 rings (SSSR count). The van der Waals surface area contributed by atoms with E-state index in [4.69, 9.17) is 4.74 Å². The van der Waals surface area contributed by atoms with Crippen LogP contribution in [0.15, 0.2) is 34.9 Å². The van der Waals surface area contributed by atoms with Crippen molar-refractivity contribution < 1.29 is 13.9 Å². The van der Waals surface area contributed by atoms with Crippen LogP contribution < -0.4 is 10.1 Å². The molecule has 9 heteroatoms. The molecule has 7 nitrogen and oxygen atoms in total. The molecule has 1 aliphatic rings. The van der Waals surface area contributed by atoms with E-state index in [1.165, 1.54) is 17.9 Å². The Morgan fingerprint density at radius 3 is 2.79 bits per heavy atom. The van der Waals surface area contributed by atoms with Crippen molar-refractivity contribution in [2.75, 3.05) is 12.4 Å². The third kappa shape index (κ3) is 2.86. The van der Waals surface area contributed by atoms with Gasteiger partial charge in [0.25, 0.3) is 0 Å². The van der Waals surface area contributed by atoms with E-state index in [1.54, 1.807) is 24.4 Å². The highest BCUT2D eigenvalue weighted by Crippen LogP contribution is 2.39. The van der Waals surface area contributed by atoms with Crippen LogP contribution in [0.1, 0.15) is 25.0 Å². The first kappa shape index (κ1) is 18.5. The minimum Gasteiger partial charge on any atom is -0.480 e. The molecule has 0 saturated carbocycles. The standard InChI is InChI=1S/C19H17BrFN5O2/c1-19(2)11-8-22-16(23-15(11)24-18(19)27)14-13(20)17(28-3)26(25-14)9-10-6-4-5-7-12(10)21/h4-8H,9H2,1-3H3,(H,22,23,24,27). The minimum absolute atomic E-state index is 0.129. The number of nitrogens with one attached hydrogen (secondary N) is 1. The predicted octanol–water partition coefficient (Wildman–Crippen LogP) is 3.53. The molecule has 0 bridgehead atoms. The largest absolute Gasteiger partial charge is 0.480 e. The van der Waals surface area contributed by atoms with Gasteiger partial charge in [-0.1, -0.05) is 18.2 Å². The van der Waals surface area contributed by atoms with Gasteiger partial charge in [0.15, 0.2) is 5.82 Å². The fourth-order valence-corrected chi connectivity index (χ4v) is 3.72. The molecule has 28 heavy (non-hydrogen) atoms. The number of hydrogen-bond donors (Lipinski definition) is 1. The van der Waals surface area contributed by atoms with Gasteiger partial charge in [-0.05, 0) is 35.8 Å². The highest BCUT2D eigenvalue weighted by molar-refractivity contribution is 9.10. The van der Waals surface area contributed by atoms with Crippen LogP contribution in [0, 0.1) is 5.82 Å². The number of carbonyl (C=O) groups excluding carboxylic acids is 1. The van der Waals surface area contributed by atoms with Gasteiger partial charge < -0.3 is 10.1 Å². The highest BCUT2D eigenvalue weighted by Gasteiger charge is 2.40. The molecular weight excluding hydrogens is 429 g/mol. The summed E-state index contributed by atoms with van der Waals surface area (Å²) in [6.07, 6.45) is 1.63. The summed E-state index contributed by atoms with van der Waals surface area (Å²) >= 11 is 3.48. The summed E-state index contributed by atoms with van der Waals surface area (Å²) in [5, 5.41) is 7.29. The zero-order valence-electron chi connectivity index (χ0n) is 15.5. The van der Waals surface area contributed by atoms with E-state index in [0.29, 0.717) is 33.3 Å². The van der Waals surface area contributed by atoms with Crippen LogP contribution in [0.3, 0.4) is 0 Å². The van der Waals surface area contributed by atoms with Gasteiger partial charge in [0, 0.05) is 17.3 Å². The Morgan fingerprint density at radius 2 is 2.07 bits per heavy atom. The summed E-state index contributed by atoms with van der Waals surface area (Å²) in [7, 11) is 1.51. The second-order valence-corrected chi connectivity index (χ2v) is 7.75. The molecule has 1 aliphatic heterocycles. The predicted molar refractivity (Wildman–Crippen MR) is 105 cm³/mol. The Morgan fingerprint density at radius 1 is 1.32 bits per heavy atom. The molecule has 0 aliphatic carbocycles. The SMILES string of the molecule is COc1c(Br)c(-c2ncc3c(n2)NC(=O)C3(C)C)nn1Cc1ccccc1F. The van der Waals surface area contributed by atoms with Crippen LogP contribution in [0.2, 0.25) is 0 Å². The molecule has 0 radical (unpaired) electrons. The summed E-state index contributed by atoms with van der Waals surface area (Å²) in [5.74, 6) is 0.766. The van der Waals surface area contributed by atoms with Crippen LogP contribution in [-0.4, -0.2) is 32.8 Å². The average molecular weight is 446 g/mol. The van der Waals surface area contributed by atoms with Gasteiger partial charge in [-0.25, -0.2) is 19.0 Å². The van der Waals surface area contributed by atoms with Crippen molar-refractivity contribution in [2.45, 2.75) is 25.8 Å². The number of rotatable bonds is 4. The van der Waals surface area contributed by atoms with E-state index in [2.05, 4.69) is 36.3 Å². The van der Waals surface area contributed by atoms with Crippen LogP contribution in [-0.2, 0) is 16.8 Å². The van der Waals surface area contributed by atoms with Crippen molar-refractivity contribution in [1.82, 2.24) is 19.7 Å². The van der Waals surface area contributed by atoms with Gasteiger partial charge in [-0.3, -0.25) is 4.79 Å². The van der Waals surface area contributed by atoms with Crippen molar-refractivity contribution >= 4 is 27.7 Å². The summed E-state index contributed by atoms with van der Waals surface area (Å²) in [4.78, 5) is 21.0. The smallest absolute Gasteiger partial charge is 0.235 e. The fraction of sp³-hybridized carbons (Fsp3) is 0.263. The van der Waals surface area contributed by atoms with E-state index in [0.717, 1.165) is 5.56 Å². The summed E-state index contributed by atoms with van der Waals surface area (Å²) in [6, 6.07) is 6.48. The number of hydrogen-bond acceptors (Lipinski definition) is 5. The van der Waals surface area contributed by atoms with E-state index < -0.39 is 5.41 Å². The van der Waals surface area contributed by atoms with Crippen LogP contribution in [0.4, 0.5) is 10.2 Å². The van der Waals surface area contributed by atoms with Crippen LogP contribution in [0.25, 0.3) is 11.5 Å². The fourth-order valence-electron chi connectivity index (χ4n) is 3.09. The Labute approximate surface area is 169 Å². The molecular formula is C19H17BrFN5O2. The number of ether oxygens (including phenoxy) is 1. The maximum Gasteiger partial charge on any atom is 0.235 e. The van der Waals surface area contributed by atoms with Crippen molar-refractivity contribution in [2.24, 2.45) is 0 Å². The normalized spacial score (nSPS) is 14.7. The van der Waals surface area contributed by atoms with Gasteiger partial charge in [0.1, 0.15) is 21.8 Å². The van der Waals surface area contributed by atoms with Crippen molar-refractivity contribution in [1.29, 1.82) is 0 Å². The molecule has 3 aromatic rings. The Hall–Kier alpha value is -2.81. The molecule has 0 atom stereocenters. The van der Waals surface area contributed by atoms with Gasteiger partial charge >= 0.3 is 0 Å². The maximum atomic E-state index is 14.0. The second-order valence-electron chi connectivity index (χ2n) is 6.96. The lowest BCUT2D eigenvalue weighted by atomic mass is 9.88. The topological polar surface area (TPSA) is 81.9 Å². The van der Waals surface area contributed by atoms with Gasteiger partial charge in [-0.2, -0.15) is 5.10 Å². The summed E-state index contributed by atoms with van der Waals surface area (Å²) < 4.78 is 21.6. The highest BCUT2D eigenvalue weighted by atomic mass is 79.9. The third-order valence-corrected chi connectivity index (χ3v) is 5.51. The van der Waals surface area contributed by atoms with Crippen LogP contribution in [0.5, 0.6) is 5.88 Å². The van der Waals surface area contributed by atoms with Crippen molar-refractivity contribution in [3.63, 3.8) is 0 Å². The molecule has 3 heterocycles. The summed E-state index contributed by atoms with van der Waals surface area (Å²) in [6.45, 7) is 3.82. The number of benzene rings is 1. The molecule has 0 unspecified atom stereocenters. The molecule has 2 aromatic heterocycles. The number of fused-ring (bicyclic) bond motifs is 1. The van der Waals surface area contributed by atoms with E-state index in [-0.39, 0.29) is 18.3 Å². The average Bonchev–Trinajstić information content (AvgIpc) is 3.09. The molecule has 0 spiro atoms. The number of nitrogens with zero attached hydrogens (tertiary/aromatic N) is 4. The monoisotopic (exact) mass is 445 g/mol. The third-order valence-electron chi connectivity index (χ3n) is 4.80. The van der Waals surface area contributed by atoms with E-state index in [1.807, 2.05) is 13.8 Å². The summed E-state index contributed by atoms with van der Waals surface area (Å²) in [5.41, 5.74) is 0.962. The Bertz CT molecular complexity index is 1100. The Balaban J connectivity index is 1.76. The molecule has 1 N–H and O–H groups in total. The quantitative estimate of drug-likeness (QED) is 0.663. The number of carbonyl (C=O) groups is 1. The molecule has 0 fully saturated rings. The van der Waals surface area contributed by atoms with Gasteiger partial charge in [0.05, 0.1) is 19.1 Å². The van der Waals surface area contributed by atoms with Gasteiger partial charge in [0.2, 0.25) is 11.8 Å². The number of amides is 1. The lowest BCUT2D eigenvalue weighted by molar-refractivity contribution is -0.119. The lowest BCUT2D eigenvalue weighted by Crippen LogP contribution is -2.26. The van der Waals surface area contributed by atoms with Crippen molar-refractivity contribution in [3.8, 4) is 17.4 Å². The maximum absolute atomic E-state index is 14.0. The van der Waals surface area contributed by atoms with E-state index in [9.17, 15) is 9.18 Å². The number of methoxy groups -OCH3 is 1. The number of anilines is 1. The first-order valence-electron chi connectivity index (χ1n) is 8.56. The minimum atomic E-state index is -0.688. The zero-order chi connectivity index (χ0) is 20.1. The zero-order valence-corrected chi connectivity index (χ0v) is 17.0.